The van der Waals surface area contributed by atoms with Crippen LogP contribution in [0.2, 0.25) is 0 Å². The lowest BCUT2D eigenvalue weighted by Crippen LogP contribution is -2.59. The monoisotopic (exact) mass is 400 g/mol. The molecule has 0 radical (unpaired) electrons. The minimum atomic E-state index is -1.13. The van der Waals surface area contributed by atoms with Crippen LogP contribution in [0.5, 0.6) is 0 Å². The summed E-state index contributed by atoms with van der Waals surface area (Å²) in [5.74, 6) is -0.450. The first-order valence-electron chi connectivity index (χ1n) is 10.1. The number of hydrogen-bond donors (Lipinski definition) is 1. The average Bonchev–Trinajstić information content (AvgIpc) is 2.78. The minimum Gasteiger partial charge on any atom is -0.379 e. The summed E-state index contributed by atoms with van der Waals surface area (Å²) in [4.78, 5) is 34.4. The fraction of sp³-hybridized carbons (Fsp3) is 0.500. The van der Waals surface area contributed by atoms with Crippen LogP contribution in [0.4, 0.5) is 0 Å². The maximum absolute atomic E-state index is 13.4. The minimum absolute atomic E-state index is 0.204. The second-order valence-electron chi connectivity index (χ2n) is 6.98. The third-order valence-corrected chi connectivity index (χ3v) is 5.29. The number of morpholine rings is 1. The maximum atomic E-state index is 13.4. The van der Waals surface area contributed by atoms with Gasteiger partial charge in [0.25, 0.3) is 5.91 Å². The number of rotatable bonds is 11. The molecule has 7 nitrogen and oxygen atoms in total. The van der Waals surface area contributed by atoms with Crippen LogP contribution in [0.25, 0.3) is 0 Å². The molecule has 1 fully saturated rings. The molecule has 0 spiro atoms. The molecule has 1 N–H and O–H groups in total. The first-order valence-corrected chi connectivity index (χ1v) is 10.1. The van der Waals surface area contributed by atoms with Crippen molar-refractivity contribution < 1.29 is 14.3 Å². The molecular weight excluding hydrogens is 368 g/mol. The van der Waals surface area contributed by atoms with Crippen molar-refractivity contribution in [2.24, 2.45) is 0 Å². The fourth-order valence-electron chi connectivity index (χ4n) is 3.55. The summed E-state index contributed by atoms with van der Waals surface area (Å²) in [6.45, 7) is 14.3. The molecule has 1 aromatic heterocycles. The largest absolute Gasteiger partial charge is 0.379 e. The molecule has 7 heteroatoms. The Labute approximate surface area is 173 Å². The first kappa shape index (κ1) is 22.8. The number of carbonyl (C=O) groups excluding carboxylic acids is 2. The molecule has 1 unspecified atom stereocenters. The molecule has 0 aliphatic carbocycles. The molecular formula is C22H32N4O3. The van der Waals surface area contributed by atoms with Crippen molar-refractivity contribution in [2.45, 2.75) is 25.3 Å². The number of hydrogen-bond acceptors (Lipinski definition) is 5. The Morgan fingerprint density at radius 1 is 1.31 bits per heavy atom. The van der Waals surface area contributed by atoms with Gasteiger partial charge < -0.3 is 15.0 Å². The van der Waals surface area contributed by atoms with Crippen LogP contribution < -0.4 is 5.32 Å². The maximum Gasteiger partial charge on any atom is 0.255 e. The van der Waals surface area contributed by atoms with Gasteiger partial charge in [-0.15, -0.1) is 13.2 Å². The molecule has 1 aliphatic heterocycles. The van der Waals surface area contributed by atoms with Gasteiger partial charge in [0.05, 0.1) is 13.2 Å². The predicted octanol–water partition coefficient (Wildman–Crippen LogP) is 1.88. The highest BCUT2D eigenvalue weighted by atomic mass is 16.5. The van der Waals surface area contributed by atoms with E-state index < -0.39 is 5.54 Å². The van der Waals surface area contributed by atoms with Crippen LogP contribution in [0.3, 0.4) is 0 Å². The molecule has 0 aromatic carbocycles. The van der Waals surface area contributed by atoms with Crippen LogP contribution in [-0.2, 0) is 9.53 Å². The molecule has 2 amide bonds. The van der Waals surface area contributed by atoms with Crippen LogP contribution in [0.1, 0.15) is 30.1 Å². The molecule has 2 rings (SSSR count). The lowest BCUT2D eigenvalue weighted by Gasteiger charge is -2.40. The van der Waals surface area contributed by atoms with Gasteiger partial charge in [0.1, 0.15) is 5.54 Å². The number of amides is 2. The predicted molar refractivity (Wildman–Crippen MR) is 114 cm³/mol. The number of nitrogens with zero attached hydrogens (tertiary/aromatic N) is 3. The van der Waals surface area contributed by atoms with E-state index in [4.69, 9.17) is 4.74 Å². The molecule has 0 saturated carbocycles. The van der Waals surface area contributed by atoms with Gasteiger partial charge in [-0.3, -0.25) is 19.5 Å². The smallest absolute Gasteiger partial charge is 0.255 e. The number of pyridine rings is 1. The van der Waals surface area contributed by atoms with Crippen molar-refractivity contribution in [1.29, 1.82) is 0 Å². The highest BCUT2D eigenvalue weighted by molar-refractivity contribution is 6.00. The van der Waals surface area contributed by atoms with Gasteiger partial charge in [0.2, 0.25) is 5.91 Å². The second-order valence-corrected chi connectivity index (χ2v) is 6.98. The fourth-order valence-corrected chi connectivity index (χ4v) is 3.55. The van der Waals surface area contributed by atoms with Gasteiger partial charge in [0.15, 0.2) is 0 Å². The lowest BCUT2D eigenvalue weighted by molar-refractivity contribution is -0.129. The van der Waals surface area contributed by atoms with Crippen molar-refractivity contribution >= 4 is 11.8 Å². The van der Waals surface area contributed by atoms with Crippen LogP contribution in [0, 0.1) is 0 Å². The highest BCUT2D eigenvalue weighted by Gasteiger charge is 2.42. The van der Waals surface area contributed by atoms with Crippen LogP contribution in [-0.4, -0.2) is 78.1 Å². The first-order chi connectivity index (χ1) is 14.1. The van der Waals surface area contributed by atoms with E-state index in [1.807, 2.05) is 6.92 Å². The van der Waals surface area contributed by atoms with E-state index in [-0.39, 0.29) is 11.8 Å². The Morgan fingerprint density at radius 2 is 2.00 bits per heavy atom. The van der Waals surface area contributed by atoms with E-state index in [0.29, 0.717) is 25.1 Å². The van der Waals surface area contributed by atoms with Crippen LogP contribution in [0.15, 0.2) is 49.8 Å². The average molecular weight is 401 g/mol. The number of ether oxygens (including phenoxy) is 1. The molecule has 29 heavy (non-hydrogen) atoms. The van der Waals surface area contributed by atoms with E-state index in [1.165, 1.54) is 0 Å². The SMILES string of the molecule is C=CCNC(=O)C(C=C)(CC)N(CCCN1CCOCC1)C(=O)c1ccncc1. The molecule has 1 aromatic rings. The Kier molecular flexibility index (Phi) is 9.02. The number of carbonyl (C=O) groups is 2. The molecule has 2 heterocycles. The Balaban J connectivity index is 2.24. The lowest BCUT2D eigenvalue weighted by atomic mass is 9.91. The van der Waals surface area contributed by atoms with Crippen molar-refractivity contribution in [3.63, 3.8) is 0 Å². The summed E-state index contributed by atoms with van der Waals surface area (Å²) in [5, 5.41) is 2.84. The Hall–Kier alpha value is -2.51. The quantitative estimate of drug-likeness (QED) is 0.574. The van der Waals surface area contributed by atoms with E-state index >= 15 is 0 Å². The number of aromatic nitrogens is 1. The summed E-state index contributed by atoms with van der Waals surface area (Å²) in [7, 11) is 0. The van der Waals surface area contributed by atoms with Crippen molar-refractivity contribution in [3.8, 4) is 0 Å². The van der Waals surface area contributed by atoms with E-state index in [9.17, 15) is 9.59 Å². The summed E-state index contributed by atoms with van der Waals surface area (Å²) in [6, 6.07) is 3.34. The molecule has 158 valence electrons. The zero-order valence-electron chi connectivity index (χ0n) is 17.3. The van der Waals surface area contributed by atoms with Crippen molar-refractivity contribution in [1.82, 2.24) is 20.1 Å². The van der Waals surface area contributed by atoms with Gasteiger partial charge in [-0.1, -0.05) is 19.1 Å². The second kappa shape index (κ2) is 11.5. The zero-order valence-corrected chi connectivity index (χ0v) is 17.3. The third-order valence-electron chi connectivity index (χ3n) is 5.29. The highest BCUT2D eigenvalue weighted by Crippen LogP contribution is 2.25. The normalized spacial score (nSPS) is 16.4. The Bertz CT molecular complexity index is 689. The standard InChI is InChI=1S/C22H32N4O3/c1-4-10-24-21(28)22(5-2,6-3)26(20(27)19-8-11-23-12-9-19)14-7-13-25-15-17-29-18-16-25/h4-5,8-9,11-12H,1-2,6-7,10,13-18H2,3H3,(H,24,28). The van der Waals surface area contributed by atoms with Crippen molar-refractivity contribution in [3.05, 3.63) is 55.4 Å². The van der Waals surface area contributed by atoms with E-state index in [0.717, 1.165) is 39.3 Å². The summed E-state index contributed by atoms with van der Waals surface area (Å²) >= 11 is 0. The summed E-state index contributed by atoms with van der Waals surface area (Å²) in [6.07, 6.45) is 7.54. The molecule has 1 atom stereocenters. The third kappa shape index (κ3) is 5.74. The Morgan fingerprint density at radius 3 is 2.59 bits per heavy atom. The van der Waals surface area contributed by atoms with Crippen molar-refractivity contribution in [2.75, 3.05) is 45.9 Å². The molecule has 1 aliphatic rings. The van der Waals surface area contributed by atoms with E-state index in [2.05, 4.69) is 28.4 Å². The van der Waals surface area contributed by atoms with Gasteiger partial charge in [-0.25, -0.2) is 0 Å². The summed E-state index contributed by atoms with van der Waals surface area (Å²) < 4.78 is 5.39. The number of nitrogens with one attached hydrogen (secondary N) is 1. The van der Waals surface area contributed by atoms with Gasteiger partial charge in [0, 0.05) is 50.7 Å². The van der Waals surface area contributed by atoms with E-state index in [1.54, 1.807) is 41.6 Å². The molecule has 1 saturated heterocycles. The van der Waals surface area contributed by atoms with Gasteiger partial charge >= 0.3 is 0 Å². The van der Waals surface area contributed by atoms with Gasteiger partial charge in [-0.2, -0.15) is 0 Å². The summed E-state index contributed by atoms with van der Waals surface area (Å²) in [5.41, 5.74) is -0.628. The van der Waals surface area contributed by atoms with Gasteiger partial charge in [-0.05, 0) is 25.0 Å². The van der Waals surface area contributed by atoms with Crippen LogP contribution >= 0.6 is 0 Å². The zero-order chi connectivity index (χ0) is 21.1. The molecule has 0 bridgehead atoms. The topological polar surface area (TPSA) is 74.8 Å².